The van der Waals surface area contributed by atoms with Gasteiger partial charge in [0.25, 0.3) is 0 Å². The zero-order chi connectivity index (χ0) is 15.3. The lowest BCUT2D eigenvalue weighted by Gasteiger charge is -2.15. The fraction of sp³-hybridized carbons (Fsp3) is 0.385. The molecular formula is C13H13Br2ClO4. The number of carbonyl (C=O) groups excluding carboxylic acids is 2. The minimum atomic E-state index is -0.616. The summed E-state index contributed by atoms with van der Waals surface area (Å²) in [6.07, 6.45) is 1.34. The van der Waals surface area contributed by atoms with E-state index >= 15 is 0 Å². The average molecular weight is 429 g/mol. The lowest BCUT2D eigenvalue weighted by molar-refractivity contribution is 0.0596. The maximum absolute atomic E-state index is 11.8. The van der Waals surface area contributed by atoms with Crippen LogP contribution in [0.1, 0.15) is 34.1 Å². The molecule has 0 bridgehead atoms. The molecule has 0 spiro atoms. The maximum atomic E-state index is 11.8. The minimum Gasteiger partial charge on any atom is -0.490 e. The van der Waals surface area contributed by atoms with E-state index in [1.54, 1.807) is 0 Å². The largest absolute Gasteiger partial charge is 0.490 e. The number of hydrogen-bond acceptors (Lipinski definition) is 4. The first-order chi connectivity index (χ1) is 9.46. The van der Waals surface area contributed by atoms with Gasteiger partial charge in [0, 0.05) is 5.56 Å². The molecule has 0 N–H and O–H groups in total. The Balaban J connectivity index is 3.25. The summed E-state index contributed by atoms with van der Waals surface area (Å²) in [5, 5.41) is -0.138. The van der Waals surface area contributed by atoms with Crippen molar-refractivity contribution < 1.29 is 19.1 Å². The van der Waals surface area contributed by atoms with Crippen LogP contribution in [0.25, 0.3) is 0 Å². The smallest absolute Gasteiger partial charge is 0.339 e. The number of esters is 1. The summed E-state index contributed by atoms with van der Waals surface area (Å²) in [5.41, 5.74) is 0.337. The standard InChI is InChI=1S/C13H13Br2ClO4/c1-3-8(16)6-20-12-9(14)4-7(5-17)10(11(12)15)13(18)19-2/h4-5,8H,3,6H2,1-2H3. The molecule has 20 heavy (non-hydrogen) atoms. The number of methoxy groups -OCH3 is 1. The summed E-state index contributed by atoms with van der Waals surface area (Å²) in [4.78, 5) is 22.8. The van der Waals surface area contributed by atoms with Crippen LogP contribution in [-0.4, -0.2) is 31.3 Å². The molecule has 0 aliphatic heterocycles. The van der Waals surface area contributed by atoms with Crippen molar-refractivity contribution >= 4 is 55.7 Å². The zero-order valence-corrected chi connectivity index (χ0v) is 14.8. The van der Waals surface area contributed by atoms with Crippen molar-refractivity contribution in [3.63, 3.8) is 0 Å². The Kier molecular flexibility index (Phi) is 6.99. The van der Waals surface area contributed by atoms with Crippen LogP contribution in [0.3, 0.4) is 0 Å². The molecule has 1 aromatic rings. The molecule has 0 radical (unpaired) electrons. The van der Waals surface area contributed by atoms with Crippen molar-refractivity contribution in [2.24, 2.45) is 0 Å². The number of halogens is 3. The summed E-state index contributed by atoms with van der Waals surface area (Å²) in [6, 6.07) is 1.51. The van der Waals surface area contributed by atoms with Gasteiger partial charge in [-0.25, -0.2) is 4.79 Å². The number of alkyl halides is 1. The van der Waals surface area contributed by atoms with E-state index in [-0.39, 0.29) is 23.1 Å². The fourth-order valence-corrected chi connectivity index (χ4v) is 3.05. The third kappa shape index (κ3) is 3.96. The summed E-state index contributed by atoms with van der Waals surface area (Å²) in [7, 11) is 1.25. The van der Waals surface area contributed by atoms with Gasteiger partial charge in [-0.2, -0.15) is 0 Å². The molecule has 0 aliphatic carbocycles. The monoisotopic (exact) mass is 426 g/mol. The highest BCUT2D eigenvalue weighted by atomic mass is 79.9. The van der Waals surface area contributed by atoms with Crippen molar-refractivity contribution in [2.75, 3.05) is 13.7 Å². The molecule has 0 saturated heterocycles. The van der Waals surface area contributed by atoms with E-state index in [1.165, 1.54) is 13.2 Å². The number of benzene rings is 1. The Morgan fingerprint density at radius 2 is 2.15 bits per heavy atom. The Bertz CT molecular complexity index is 520. The molecule has 1 atom stereocenters. The molecule has 0 aliphatic rings. The number of rotatable bonds is 6. The van der Waals surface area contributed by atoms with Gasteiger partial charge in [-0.1, -0.05) is 6.92 Å². The van der Waals surface area contributed by atoms with E-state index < -0.39 is 5.97 Å². The molecule has 4 nitrogen and oxygen atoms in total. The van der Waals surface area contributed by atoms with Gasteiger partial charge in [-0.05, 0) is 44.3 Å². The molecule has 0 aromatic heterocycles. The zero-order valence-electron chi connectivity index (χ0n) is 10.9. The van der Waals surface area contributed by atoms with Crippen molar-refractivity contribution in [2.45, 2.75) is 18.7 Å². The molecule has 0 heterocycles. The average Bonchev–Trinajstić information content (AvgIpc) is 2.45. The SMILES string of the molecule is CCC(Cl)COc1c(Br)cc(C=O)c(C(=O)OC)c1Br. The van der Waals surface area contributed by atoms with Gasteiger partial charge in [-0.15, -0.1) is 11.6 Å². The number of hydrogen-bond donors (Lipinski definition) is 0. The Morgan fingerprint density at radius 3 is 2.65 bits per heavy atom. The first kappa shape index (κ1) is 17.5. The fourth-order valence-electron chi connectivity index (χ4n) is 1.45. The van der Waals surface area contributed by atoms with E-state index in [4.69, 9.17) is 16.3 Å². The molecule has 0 fully saturated rings. The van der Waals surface area contributed by atoms with Gasteiger partial charge in [0.15, 0.2) is 6.29 Å². The first-order valence-electron chi connectivity index (χ1n) is 5.78. The lowest BCUT2D eigenvalue weighted by Crippen LogP contribution is -2.13. The summed E-state index contributed by atoms with van der Waals surface area (Å²) >= 11 is 12.6. The van der Waals surface area contributed by atoms with Crippen LogP contribution in [0, 0.1) is 0 Å². The van der Waals surface area contributed by atoms with Crippen molar-refractivity contribution in [1.82, 2.24) is 0 Å². The second-order valence-electron chi connectivity index (χ2n) is 3.89. The molecule has 1 aromatic carbocycles. The molecule has 0 saturated carbocycles. The summed E-state index contributed by atoms with van der Waals surface area (Å²) in [6.45, 7) is 2.23. The second-order valence-corrected chi connectivity index (χ2v) is 6.16. The van der Waals surface area contributed by atoms with Crippen LogP contribution in [0.2, 0.25) is 0 Å². The van der Waals surface area contributed by atoms with Crippen molar-refractivity contribution in [3.05, 3.63) is 26.1 Å². The van der Waals surface area contributed by atoms with E-state index in [0.29, 0.717) is 21.0 Å². The van der Waals surface area contributed by atoms with E-state index in [1.807, 2.05) is 6.92 Å². The quantitative estimate of drug-likeness (QED) is 0.387. The normalized spacial score (nSPS) is 11.8. The topological polar surface area (TPSA) is 52.6 Å². The Hall–Kier alpha value is -0.590. The van der Waals surface area contributed by atoms with Crippen molar-refractivity contribution in [3.8, 4) is 5.75 Å². The predicted octanol–water partition coefficient (Wildman–Crippen LogP) is 4.21. The highest BCUT2D eigenvalue weighted by Gasteiger charge is 2.22. The molecule has 110 valence electrons. The first-order valence-corrected chi connectivity index (χ1v) is 7.80. The molecule has 1 rings (SSSR count). The van der Waals surface area contributed by atoms with Crippen LogP contribution < -0.4 is 4.74 Å². The van der Waals surface area contributed by atoms with Gasteiger partial charge in [0.05, 0.1) is 27.0 Å². The van der Waals surface area contributed by atoms with Crippen LogP contribution in [0.4, 0.5) is 0 Å². The van der Waals surface area contributed by atoms with Gasteiger partial charge < -0.3 is 9.47 Å². The molecule has 1 unspecified atom stereocenters. The van der Waals surface area contributed by atoms with Crippen LogP contribution >= 0.6 is 43.5 Å². The maximum Gasteiger partial charge on any atom is 0.339 e. The van der Waals surface area contributed by atoms with Crippen molar-refractivity contribution in [1.29, 1.82) is 0 Å². The molecule has 0 amide bonds. The van der Waals surface area contributed by atoms with Gasteiger partial charge >= 0.3 is 5.97 Å². The highest BCUT2D eigenvalue weighted by molar-refractivity contribution is 9.11. The van der Waals surface area contributed by atoms with Crippen LogP contribution in [0.15, 0.2) is 15.0 Å². The summed E-state index contributed by atoms with van der Waals surface area (Å²) < 4.78 is 11.2. The van der Waals surface area contributed by atoms with Gasteiger partial charge in [0.2, 0.25) is 0 Å². The number of aldehydes is 1. The van der Waals surface area contributed by atoms with E-state index in [9.17, 15) is 9.59 Å². The lowest BCUT2D eigenvalue weighted by atomic mass is 10.1. The van der Waals surface area contributed by atoms with E-state index in [2.05, 4.69) is 36.6 Å². The third-order valence-electron chi connectivity index (χ3n) is 2.57. The second kappa shape index (κ2) is 8.00. The van der Waals surface area contributed by atoms with Crippen LogP contribution in [-0.2, 0) is 4.74 Å². The Labute approximate surface area is 139 Å². The summed E-state index contributed by atoms with van der Waals surface area (Å²) in [5.74, 6) is -0.204. The van der Waals surface area contributed by atoms with Gasteiger partial charge in [0.1, 0.15) is 12.4 Å². The predicted molar refractivity (Wildman–Crippen MR) is 84.0 cm³/mol. The number of carbonyl (C=O) groups is 2. The minimum absolute atomic E-state index is 0.128. The van der Waals surface area contributed by atoms with Gasteiger partial charge in [-0.3, -0.25) is 4.79 Å². The Morgan fingerprint density at radius 1 is 1.50 bits per heavy atom. The highest BCUT2D eigenvalue weighted by Crippen LogP contribution is 2.38. The molecular weight excluding hydrogens is 415 g/mol. The third-order valence-corrected chi connectivity index (χ3v) is 4.35. The molecule has 7 heteroatoms. The van der Waals surface area contributed by atoms with E-state index in [0.717, 1.165) is 6.42 Å². The number of ether oxygens (including phenoxy) is 2. The van der Waals surface area contributed by atoms with Crippen LogP contribution in [0.5, 0.6) is 5.75 Å².